The second-order valence-corrected chi connectivity index (χ2v) is 8.01. The van der Waals surface area contributed by atoms with Gasteiger partial charge in [-0.05, 0) is 45.4 Å². The van der Waals surface area contributed by atoms with Crippen molar-refractivity contribution < 1.29 is 14.3 Å². The van der Waals surface area contributed by atoms with E-state index in [0.717, 1.165) is 0 Å². The Balaban J connectivity index is 2.60. The lowest BCUT2D eigenvalue weighted by Gasteiger charge is -2.32. The van der Waals surface area contributed by atoms with Crippen LogP contribution in [0.25, 0.3) is 0 Å². The van der Waals surface area contributed by atoms with Crippen LogP contribution >= 0.6 is 0 Å². The highest BCUT2D eigenvalue weighted by molar-refractivity contribution is 5.67. The van der Waals surface area contributed by atoms with Crippen LogP contribution in [0.15, 0.2) is 0 Å². The molecule has 0 saturated heterocycles. The Morgan fingerprint density at radius 3 is 2.30 bits per heavy atom. The maximum atomic E-state index is 11.9. The fourth-order valence-corrected chi connectivity index (χ4v) is 3.12. The molecule has 1 rings (SSSR count). The van der Waals surface area contributed by atoms with E-state index in [2.05, 4.69) is 24.5 Å². The molecular formula is C18H36N2O3. The third kappa shape index (κ3) is 8.02. The molecule has 2 atom stereocenters. The number of amides is 1. The molecule has 1 amide bonds. The van der Waals surface area contributed by atoms with Gasteiger partial charge in [0.25, 0.3) is 0 Å². The molecule has 0 heterocycles. The zero-order valence-corrected chi connectivity index (χ0v) is 15.8. The van der Waals surface area contributed by atoms with Gasteiger partial charge in [-0.25, -0.2) is 4.79 Å². The molecular weight excluding hydrogens is 292 g/mol. The summed E-state index contributed by atoms with van der Waals surface area (Å²) in [6, 6.07) is 0.568. The predicted octanol–water partition coefficient (Wildman–Crippen LogP) is 3.33. The van der Waals surface area contributed by atoms with E-state index in [-0.39, 0.29) is 12.1 Å². The van der Waals surface area contributed by atoms with Crippen LogP contribution in [0.5, 0.6) is 0 Å². The van der Waals surface area contributed by atoms with Gasteiger partial charge in [0.05, 0.1) is 6.61 Å². The van der Waals surface area contributed by atoms with Gasteiger partial charge >= 0.3 is 6.09 Å². The summed E-state index contributed by atoms with van der Waals surface area (Å²) >= 11 is 0. The van der Waals surface area contributed by atoms with Gasteiger partial charge in [-0.2, -0.15) is 0 Å². The fraction of sp³-hybridized carbons (Fsp3) is 0.944. The molecule has 0 aliphatic heterocycles. The van der Waals surface area contributed by atoms with E-state index in [1.165, 1.54) is 25.7 Å². The van der Waals surface area contributed by atoms with Crippen LogP contribution in [-0.2, 0) is 9.47 Å². The number of hydrogen-bond donors (Lipinski definition) is 2. The maximum absolute atomic E-state index is 11.9. The molecule has 1 aliphatic carbocycles. The summed E-state index contributed by atoms with van der Waals surface area (Å²) < 4.78 is 10.7. The first-order valence-corrected chi connectivity index (χ1v) is 8.94. The molecule has 136 valence electrons. The lowest BCUT2D eigenvalue weighted by molar-refractivity contribution is 0.0513. The number of ether oxygens (including phenoxy) is 2. The number of rotatable bonds is 8. The highest BCUT2D eigenvalue weighted by atomic mass is 16.6. The van der Waals surface area contributed by atoms with Gasteiger partial charge in [0.2, 0.25) is 0 Å². The van der Waals surface area contributed by atoms with E-state index in [1.54, 1.807) is 7.11 Å². The van der Waals surface area contributed by atoms with Crippen molar-refractivity contribution in [3.8, 4) is 0 Å². The first-order chi connectivity index (χ1) is 10.7. The van der Waals surface area contributed by atoms with Gasteiger partial charge in [0.1, 0.15) is 5.60 Å². The number of carbonyl (C=O) groups is 1. The summed E-state index contributed by atoms with van der Waals surface area (Å²) in [5.74, 6) is 1.10. The van der Waals surface area contributed by atoms with Crippen LogP contribution in [-0.4, -0.2) is 44.0 Å². The van der Waals surface area contributed by atoms with Crippen molar-refractivity contribution in [2.75, 3.05) is 20.3 Å². The summed E-state index contributed by atoms with van der Waals surface area (Å²) in [6.07, 6.45) is 4.68. The number of methoxy groups -OCH3 is 1. The molecule has 0 aromatic carbocycles. The third-order valence-electron chi connectivity index (χ3n) is 4.41. The molecule has 2 N–H and O–H groups in total. The molecule has 0 bridgehead atoms. The van der Waals surface area contributed by atoms with Crippen molar-refractivity contribution in [2.45, 2.75) is 78.0 Å². The second kappa shape index (κ2) is 9.48. The first-order valence-electron chi connectivity index (χ1n) is 8.94. The Bertz CT molecular complexity index is 347. The molecule has 0 radical (unpaired) electrons. The Kier molecular flexibility index (Phi) is 8.34. The van der Waals surface area contributed by atoms with E-state index < -0.39 is 5.60 Å². The van der Waals surface area contributed by atoms with Crippen molar-refractivity contribution in [1.29, 1.82) is 0 Å². The topological polar surface area (TPSA) is 59.6 Å². The third-order valence-corrected chi connectivity index (χ3v) is 4.41. The quantitative estimate of drug-likeness (QED) is 0.717. The lowest BCUT2D eigenvalue weighted by atomic mass is 9.95. The average Bonchev–Trinajstić information content (AvgIpc) is 2.93. The Labute approximate surface area is 141 Å². The summed E-state index contributed by atoms with van der Waals surface area (Å²) in [4.78, 5) is 11.9. The summed E-state index contributed by atoms with van der Waals surface area (Å²) in [6.45, 7) is 11.3. The van der Waals surface area contributed by atoms with Gasteiger partial charge in [-0.1, -0.05) is 26.7 Å². The molecule has 2 unspecified atom stereocenters. The van der Waals surface area contributed by atoms with Crippen molar-refractivity contribution in [2.24, 2.45) is 11.8 Å². The summed E-state index contributed by atoms with van der Waals surface area (Å²) in [5.41, 5.74) is -0.461. The molecule has 5 heteroatoms. The standard InChI is InChI=1S/C18H36N2O3/c1-13(2)16(12-22-6)20-15(14-9-7-8-10-14)11-19-17(21)23-18(3,4)5/h13-16,20H,7-12H2,1-6H3,(H,19,21). The minimum atomic E-state index is -0.461. The molecule has 0 aromatic rings. The van der Waals surface area contributed by atoms with E-state index in [4.69, 9.17) is 9.47 Å². The lowest BCUT2D eigenvalue weighted by Crippen LogP contribution is -2.52. The van der Waals surface area contributed by atoms with E-state index in [0.29, 0.717) is 31.0 Å². The Morgan fingerprint density at radius 2 is 1.83 bits per heavy atom. The van der Waals surface area contributed by atoms with Crippen LogP contribution in [0.3, 0.4) is 0 Å². The second-order valence-electron chi connectivity index (χ2n) is 8.01. The Morgan fingerprint density at radius 1 is 1.22 bits per heavy atom. The predicted molar refractivity (Wildman–Crippen MR) is 93.6 cm³/mol. The van der Waals surface area contributed by atoms with Gasteiger partial charge in [-0.3, -0.25) is 0 Å². The Hall–Kier alpha value is -0.810. The van der Waals surface area contributed by atoms with Gasteiger partial charge in [0, 0.05) is 25.7 Å². The molecule has 5 nitrogen and oxygen atoms in total. The smallest absolute Gasteiger partial charge is 0.407 e. The number of hydrogen-bond acceptors (Lipinski definition) is 4. The van der Waals surface area contributed by atoms with E-state index >= 15 is 0 Å². The van der Waals surface area contributed by atoms with Crippen LogP contribution < -0.4 is 10.6 Å². The average molecular weight is 328 g/mol. The molecule has 1 saturated carbocycles. The van der Waals surface area contributed by atoms with Crippen molar-refractivity contribution in [3.63, 3.8) is 0 Å². The summed E-state index contributed by atoms with van der Waals surface area (Å²) in [7, 11) is 1.74. The monoisotopic (exact) mass is 328 g/mol. The van der Waals surface area contributed by atoms with Crippen molar-refractivity contribution >= 4 is 6.09 Å². The van der Waals surface area contributed by atoms with Crippen LogP contribution in [0, 0.1) is 11.8 Å². The molecule has 0 aromatic heterocycles. The van der Waals surface area contributed by atoms with Gasteiger partial charge in [0.15, 0.2) is 0 Å². The van der Waals surface area contributed by atoms with Crippen molar-refractivity contribution in [1.82, 2.24) is 10.6 Å². The molecule has 0 spiro atoms. The van der Waals surface area contributed by atoms with Gasteiger partial charge < -0.3 is 20.1 Å². The minimum absolute atomic E-state index is 0.271. The molecule has 1 aliphatic rings. The van der Waals surface area contributed by atoms with E-state index in [1.807, 2.05) is 20.8 Å². The van der Waals surface area contributed by atoms with Gasteiger partial charge in [-0.15, -0.1) is 0 Å². The largest absolute Gasteiger partial charge is 0.444 e. The normalized spacial score (nSPS) is 18.9. The number of alkyl carbamates (subject to hydrolysis) is 1. The first kappa shape index (κ1) is 20.2. The van der Waals surface area contributed by atoms with Crippen LogP contribution in [0.4, 0.5) is 4.79 Å². The zero-order valence-electron chi connectivity index (χ0n) is 15.8. The highest BCUT2D eigenvalue weighted by Gasteiger charge is 2.28. The maximum Gasteiger partial charge on any atom is 0.407 e. The van der Waals surface area contributed by atoms with Crippen LogP contribution in [0.2, 0.25) is 0 Å². The summed E-state index contributed by atoms with van der Waals surface area (Å²) in [5, 5.41) is 6.66. The fourth-order valence-electron chi connectivity index (χ4n) is 3.12. The highest BCUT2D eigenvalue weighted by Crippen LogP contribution is 2.28. The molecule has 23 heavy (non-hydrogen) atoms. The number of carbonyl (C=O) groups excluding carboxylic acids is 1. The van der Waals surface area contributed by atoms with Crippen LogP contribution in [0.1, 0.15) is 60.3 Å². The minimum Gasteiger partial charge on any atom is -0.444 e. The van der Waals surface area contributed by atoms with Crippen molar-refractivity contribution in [3.05, 3.63) is 0 Å². The molecule has 1 fully saturated rings. The SMILES string of the molecule is COCC(NC(CNC(=O)OC(C)(C)C)C1CCCC1)C(C)C. The van der Waals surface area contributed by atoms with E-state index in [9.17, 15) is 4.79 Å². The zero-order chi connectivity index (χ0) is 17.5. The number of nitrogens with one attached hydrogen (secondary N) is 2.